The lowest BCUT2D eigenvalue weighted by atomic mass is 10.1. The molecule has 1 saturated heterocycles. The molecule has 0 aromatic carbocycles. The fourth-order valence-electron chi connectivity index (χ4n) is 2.25. The van der Waals surface area contributed by atoms with Crippen LogP contribution in [0.3, 0.4) is 0 Å². The third-order valence-electron chi connectivity index (χ3n) is 3.32. The number of aromatic nitrogens is 1. The van der Waals surface area contributed by atoms with E-state index in [2.05, 4.69) is 4.98 Å². The molecule has 0 bridgehead atoms. The molecule has 1 aromatic heterocycles. The number of carboxylic acid groups (broad SMARTS) is 1. The van der Waals surface area contributed by atoms with Crippen molar-refractivity contribution in [1.82, 2.24) is 9.88 Å². The largest absolute Gasteiger partial charge is 0.480 e. The summed E-state index contributed by atoms with van der Waals surface area (Å²) in [5.41, 5.74) is 0.904. The number of pyridine rings is 1. The molecule has 0 unspecified atom stereocenters. The predicted molar refractivity (Wildman–Crippen MR) is 71.1 cm³/mol. The smallest absolute Gasteiger partial charge is 0.329 e. The Morgan fingerprint density at radius 1 is 1.40 bits per heavy atom. The van der Waals surface area contributed by atoms with Crippen molar-refractivity contribution in [1.29, 1.82) is 0 Å². The molecule has 1 fully saturated rings. The van der Waals surface area contributed by atoms with E-state index in [0.29, 0.717) is 32.4 Å². The molecule has 2 heterocycles. The van der Waals surface area contributed by atoms with E-state index >= 15 is 0 Å². The molecule has 2 rings (SSSR count). The molecule has 6 heteroatoms. The fraction of sp³-hybridized carbons (Fsp3) is 0.500. The third kappa shape index (κ3) is 4.31. The van der Waals surface area contributed by atoms with Gasteiger partial charge in [0.25, 0.3) is 0 Å². The van der Waals surface area contributed by atoms with Crippen LogP contribution in [0.2, 0.25) is 0 Å². The monoisotopic (exact) mass is 278 g/mol. The van der Waals surface area contributed by atoms with E-state index in [-0.39, 0.29) is 18.6 Å². The first-order valence-corrected chi connectivity index (χ1v) is 6.65. The highest BCUT2D eigenvalue weighted by Gasteiger charge is 2.23. The number of aliphatic carboxylic acids is 1. The summed E-state index contributed by atoms with van der Waals surface area (Å²) in [4.78, 5) is 28.3. The average molecular weight is 278 g/mol. The zero-order valence-electron chi connectivity index (χ0n) is 11.2. The maximum Gasteiger partial charge on any atom is 0.329 e. The minimum atomic E-state index is -0.958. The molecule has 0 atom stereocenters. The second kappa shape index (κ2) is 7.00. The van der Waals surface area contributed by atoms with Gasteiger partial charge in [0.15, 0.2) is 0 Å². The fourth-order valence-corrected chi connectivity index (χ4v) is 2.25. The average Bonchev–Trinajstić information content (AvgIpc) is 2.46. The van der Waals surface area contributed by atoms with Crippen LogP contribution in [0.5, 0.6) is 0 Å². The van der Waals surface area contributed by atoms with Gasteiger partial charge in [0.1, 0.15) is 6.61 Å². The Balaban J connectivity index is 1.76. The van der Waals surface area contributed by atoms with Crippen molar-refractivity contribution in [3.8, 4) is 0 Å². The molecule has 1 aliphatic rings. The lowest BCUT2D eigenvalue weighted by Crippen LogP contribution is -2.42. The Kier molecular flexibility index (Phi) is 5.06. The molecule has 108 valence electrons. The van der Waals surface area contributed by atoms with Crippen LogP contribution in [0.25, 0.3) is 0 Å². The van der Waals surface area contributed by atoms with Crippen LogP contribution in [-0.4, -0.2) is 52.7 Å². The first-order valence-electron chi connectivity index (χ1n) is 6.65. The molecule has 0 radical (unpaired) electrons. The van der Waals surface area contributed by atoms with E-state index in [1.54, 1.807) is 17.3 Å². The minimum Gasteiger partial charge on any atom is -0.480 e. The summed E-state index contributed by atoms with van der Waals surface area (Å²) < 4.78 is 5.24. The number of carbonyl (C=O) groups excluding carboxylic acids is 1. The molecule has 0 aliphatic carbocycles. The van der Waals surface area contributed by atoms with Crippen molar-refractivity contribution in [2.45, 2.75) is 25.4 Å². The number of amides is 1. The van der Waals surface area contributed by atoms with Gasteiger partial charge in [-0.3, -0.25) is 9.78 Å². The summed E-state index contributed by atoms with van der Waals surface area (Å²) in [6, 6.07) is 3.70. The molecule has 1 amide bonds. The summed E-state index contributed by atoms with van der Waals surface area (Å²) in [5, 5.41) is 8.55. The minimum absolute atomic E-state index is 0.0615. The van der Waals surface area contributed by atoms with Gasteiger partial charge in [-0.25, -0.2) is 4.79 Å². The molecule has 1 N–H and O–H groups in total. The number of rotatable bonds is 5. The summed E-state index contributed by atoms with van der Waals surface area (Å²) in [5.74, 6) is -0.880. The highest BCUT2D eigenvalue weighted by Crippen LogP contribution is 2.15. The van der Waals surface area contributed by atoms with Gasteiger partial charge in [-0.2, -0.15) is 0 Å². The van der Waals surface area contributed by atoms with Gasteiger partial charge in [0.05, 0.1) is 12.5 Å². The SMILES string of the molecule is O=C(O)COC1CCN(C(=O)Cc2cccnc2)CC1. The highest BCUT2D eigenvalue weighted by molar-refractivity contribution is 5.78. The Labute approximate surface area is 117 Å². The van der Waals surface area contributed by atoms with Crippen LogP contribution in [-0.2, 0) is 20.7 Å². The summed E-state index contributed by atoms with van der Waals surface area (Å²) in [6.07, 6.45) is 5.04. The van der Waals surface area contributed by atoms with E-state index < -0.39 is 5.97 Å². The Bertz CT molecular complexity index is 456. The lowest BCUT2D eigenvalue weighted by Gasteiger charge is -2.31. The second-order valence-corrected chi connectivity index (χ2v) is 4.82. The summed E-state index contributed by atoms with van der Waals surface area (Å²) in [6.45, 7) is 0.959. The third-order valence-corrected chi connectivity index (χ3v) is 3.32. The first-order chi connectivity index (χ1) is 9.65. The zero-order valence-corrected chi connectivity index (χ0v) is 11.2. The van der Waals surface area contributed by atoms with Crippen LogP contribution in [0, 0.1) is 0 Å². The van der Waals surface area contributed by atoms with E-state index in [0.717, 1.165) is 5.56 Å². The lowest BCUT2D eigenvalue weighted by molar-refractivity contribution is -0.146. The highest BCUT2D eigenvalue weighted by atomic mass is 16.5. The van der Waals surface area contributed by atoms with Gasteiger partial charge in [0.2, 0.25) is 5.91 Å². The number of carbonyl (C=O) groups is 2. The molecular formula is C14H18N2O4. The Morgan fingerprint density at radius 3 is 2.75 bits per heavy atom. The second-order valence-electron chi connectivity index (χ2n) is 4.82. The first kappa shape index (κ1) is 14.5. The maximum atomic E-state index is 12.1. The number of carboxylic acids is 1. The van der Waals surface area contributed by atoms with Crippen molar-refractivity contribution < 1.29 is 19.4 Å². The molecule has 0 spiro atoms. The van der Waals surface area contributed by atoms with Gasteiger partial charge in [0, 0.05) is 25.5 Å². The number of hydrogen-bond donors (Lipinski definition) is 1. The van der Waals surface area contributed by atoms with E-state index in [1.807, 2.05) is 12.1 Å². The molecule has 6 nitrogen and oxygen atoms in total. The van der Waals surface area contributed by atoms with E-state index in [9.17, 15) is 9.59 Å². The van der Waals surface area contributed by atoms with Crippen molar-refractivity contribution in [2.24, 2.45) is 0 Å². The van der Waals surface area contributed by atoms with Gasteiger partial charge < -0.3 is 14.7 Å². The van der Waals surface area contributed by atoms with E-state index in [4.69, 9.17) is 9.84 Å². The summed E-state index contributed by atoms with van der Waals surface area (Å²) >= 11 is 0. The molecule has 20 heavy (non-hydrogen) atoms. The Hall–Kier alpha value is -1.95. The molecule has 0 saturated carbocycles. The van der Waals surface area contributed by atoms with Crippen molar-refractivity contribution in [2.75, 3.05) is 19.7 Å². The van der Waals surface area contributed by atoms with Crippen LogP contribution in [0.1, 0.15) is 18.4 Å². The van der Waals surface area contributed by atoms with Gasteiger partial charge in [-0.15, -0.1) is 0 Å². The standard InChI is InChI=1S/C14H18N2O4/c17-13(8-11-2-1-5-15-9-11)16-6-3-12(4-7-16)20-10-14(18)19/h1-2,5,9,12H,3-4,6-8,10H2,(H,18,19). The molecular weight excluding hydrogens is 260 g/mol. The van der Waals surface area contributed by atoms with Crippen LogP contribution in [0.15, 0.2) is 24.5 Å². The van der Waals surface area contributed by atoms with Crippen LogP contribution >= 0.6 is 0 Å². The number of piperidine rings is 1. The number of likely N-dealkylation sites (tertiary alicyclic amines) is 1. The quantitative estimate of drug-likeness (QED) is 0.858. The topological polar surface area (TPSA) is 79.7 Å². The van der Waals surface area contributed by atoms with Gasteiger partial charge >= 0.3 is 5.97 Å². The predicted octanol–water partition coefficient (Wildman–Crippen LogP) is 0.716. The van der Waals surface area contributed by atoms with Crippen molar-refractivity contribution >= 4 is 11.9 Å². The Morgan fingerprint density at radius 2 is 2.15 bits per heavy atom. The zero-order chi connectivity index (χ0) is 14.4. The van der Waals surface area contributed by atoms with Crippen molar-refractivity contribution in [3.63, 3.8) is 0 Å². The van der Waals surface area contributed by atoms with Crippen LogP contribution < -0.4 is 0 Å². The maximum absolute atomic E-state index is 12.1. The summed E-state index contributed by atoms with van der Waals surface area (Å²) in [7, 11) is 0. The molecule has 1 aliphatic heterocycles. The normalized spacial score (nSPS) is 16.1. The van der Waals surface area contributed by atoms with Gasteiger partial charge in [-0.1, -0.05) is 6.07 Å². The number of hydrogen-bond acceptors (Lipinski definition) is 4. The van der Waals surface area contributed by atoms with Crippen LogP contribution in [0.4, 0.5) is 0 Å². The van der Waals surface area contributed by atoms with Gasteiger partial charge in [-0.05, 0) is 24.5 Å². The number of ether oxygens (including phenoxy) is 1. The number of nitrogens with zero attached hydrogens (tertiary/aromatic N) is 2. The van der Waals surface area contributed by atoms with E-state index in [1.165, 1.54) is 0 Å². The van der Waals surface area contributed by atoms with Crippen molar-refractivity contribution in [3.05, 3.63) is 30.1 Å². The molecule has 1 aromatic rings.